The Labute approximate surface area is 181 Å². The molecule has 0 radical (unpaired) electrons. The van der Waals surface area contributed by atoms with Crippen molar-refractivity contribution in [2.75, 3.05) is 19.2 Å². The Morgan fingerprint density at radius 2 is 1.87 bits per heavy atom. The van der Waals surface area contributed by atoms with Gasteiger partial charge in [0.25, 0.3) is 11.8 Å². The minimum atomic E-state index is -0.934. The van der Waals surface area contributed by atoms with E-state index in [1.165, 1.54) is 32.2 Å². The number of rotatable bonds is 6. The van der Waals surface area contributed by atoms with E-state index in [4.69, 9.17) is 14.2 Å². The summed E-state index contributed by atoms with van der Waals surface area (Å²) >= 11 is 3.37. The number of hydrogen-bond acceptors (Lipinski definition) is 6. The summed E-state index contributed by atoms with van der Waals surface area (Å²) in [5.41, 5.74) is 3.36. The molecule has 8 nitrogen and oxygen atoms in total. The molecule has 0 aliphatic carbocycles. The van der Waals surface area contributed by atoms with Gasteiger partial charge in [-0.1, -0.05) is 34.1 Å². The second-order valence-corrected chi connectivity index (χ2v) is 7.20. The number of para-hydroxylation sites is 1. The van der Waals surface area contributed by atoms with Gasteiger partial charge in [0.15, 0.2) is 17.6 Å². The van der Waals surface area contributed by atoms with E-state index in [2.05, 4.69) is 21.4 Å². The SMILES string of the molecule is COC(=O)[C@@H](C)Oc1c(/C=C2\C(=O)NN(c3ccccc3)C2=O)cc(Br)cc1OC. The summed E-state index contributed by atoms with van der Waals surface area (Å²) in [5.74, 6) is -1.14. The van der Waals surface area contributed by atoms with Gasteiger partial charge in [-0.15, -0.1) is 0 Å². The highest BCUT2D eigenvalue weighted by Crippen LogP contribution is 2.37. The molecule has 2 aromatic carbocycles. The van der Waals surface area contributed by atoms with Crippen LogP contribution in [-0.4, -0.2) is 38.1 Å². The lowest BCUT2D eigenvalue weighted by atomic mass is 10.1. The lowest BCUT2D eigenvalue weighted by Gasteiger charge is -2.18. The second kappa shape index (κ2) is 9.00. The first-order valence-electron chi connectivity index (χ1n) is 8.90. The van der Waals surface area contributed by atoms with E-state index in [1.54, 1.807) is 36.4 Å². The molecule has 0 saturated carbocycles. The summed E-state index contributed by atoms with van der Waals surface area (Å²) in [5, 5.41) is 1.17. The number of hydrazine groups is 1. The molecule has 1 aliphatic heterocycles. The fourth-order valence-corrected chi connectivity index (χ4v) is 3.29. The quantitative estimate of drug-likeness (QED) is 0.393. The van der Waals surface area contributed by atoms with Crippen molar-refractivity contribution in [3.63, 3.8) is 0 Å². The molecule has 3 rings (SSSR count). The molecule has 30 heavy (non-hydrogen) atoms. The molecule has 1 heterocycles. The smallest absolute Gasteiger partial charge is 0.346 e. The van der Waals surface area contributed by atoms with Crippen molar-refractivity contribution in [2.45, 2.75) is 13.0 Å². The van der Waals surface area contributed by atoms with E-state index in [1.807, 2.05) is 6.07 Å². The number of carbonyl (C=O) groups excluding carboxylic acids is 3. The van der Waals surface area contributed by atoms with E-state index in [-0.39, 0.29) is 11.3 Å². The number of halogens is 1. The Morgan fingerprint density at radius 3 is 2.50 bits per heavy atom. The molecule has 9 heteroatoms. The molecule has 1 saturated heterocycles. The van der Waals surface area contributed by atoms with Crippen LogP contribution in [0.15, 0.2) is 52.5 Å². The average Bonchev–Trinajstić information content (AvgIpc) is 3.03. The van der Waals surface area contributed by atoms with Gasteiger partial charge in [0, 0.05) is 10.0 Å². The molecule has 156 valence electrons. The predicted molar refractivity (Wildman–Crippen MR) is 113 cm³/mol. The van der Waals surface area contributed by atoms with E-state index in [0.29, 0.717) is 21.5 Å². The highest BCUT2D eigenvalue weighted by Gasteiger charge is 2.35. The zero-order valence-electron chi connectivity index (χ0n) is 16.5. The molecule has 1 atom stereocenters. The molecule has 2 aromatic rings. The average molecular weight is 475 g/mol. The number of benzene rings is 2. The summed E-state index contributed by atoms with van der Waals surface area (Å²) in [4.78, 5) is 37.2. The van der Waals surface area contributed by atoms with Crippen LogP contribution >= 0.6 is 15.9 Å². The molecule has 1 fully saturated rings. The Bertz CT molecular complexity index is 1020. The van der Waals surface area contributed by atoms with Crippen LogP contribution in [0.25, 0.3) is 6.08 Å². The molecule has 0 spiro atoms. The topological polar surface area (TPSA) is 94.2 Å². The van der Waals surface area contributed by atoms with E-state index >= 15 is 0 Å². The van der Waals surface area contributed by atoms with Crippen molar-refractivity contribution in [1.82, 2.24) is 5.43 Å². The first kappa shape index (κ1) is 21.4. The molecule has 2 amide bonds. The minimum absolute atomic E-state index is 0.0884. The Hall–Kier alpha value is -3.33. The Balaban J connectivity index is 2.03. The third kappa shape index (κ3) is 4.30. The first-order chi connectivity index (χ1) is 14.3. The van der Waals surface area contributed by atoms with Gasteiger partial charge in [0.2, 0.25) is 0 Å². The van der Waals surface area contributed by atoms with Gasteiger partial charge in [0.1, 0.15) is 5.57 Å². The van der Waals surface area contributed by atoms with E-state index in [0.717, 1.165) is 0 Å². The molecule has 0 bridgehead atoms. The molecular weight excluding hydrogens is 456 g/mol. The van der Waals surface area contributed by atoms with Crippen molar-refractivity contribution in [3.8, 4) is 11.5 Å². The van der Waals surface area contributed by atoms with E-state index < -0.39 is 23.9 Å². The fraction of sp³-hybridized carbons (Fsp3) is 0.190. The summed E-state index contributed by atoms with van der Waals surface area (Å²) < 4.78 is 16.4. The normalized spacial score (nSPS) is 15.7. The first-order valence-corrected chi connectivity index (χ1v) is 9.69. The van der Waals surface area contributed by atoms with Gasteiger partial charge >= 0.3 is 5.97 Å². The number of hydrogen-bond donors (Lipinski definition) is 1. The molecule has 0 unspecified atom stereocenters. The number of nitrogens with one attached hydrogen (secondary N) is 1. The molecule has 1 N–H and O–H groups in total. The highest BCUT2D eigenvalue weighted by atomic mass is 79.9. The fourth-order valence-electron chi connectivity index (χ4n) is 2.84. The van der Waals surface area contributed by atoms with Crippen molar-refractivity contribution in [2.24, 2.45) is 0 Å². The van der Waals surface area contributed by atoms with Crippen LogP contribution in [-0.2, 0) is 19.1 Å². The van der Waals surface area contributed by atoms with Crippen molar-refractivity contribution < 1.29 is 28.6 Å². The number of esters is 1. The van der Waals surface area contributed by atoms with Crippen LogP contribution in [0, 0.1) is 0 Å². The number of nitrogens with zero attached hydrogens (tertiary/aromatic N) is 1. The number of carbonyl (C=O) groups is 3. The van der Waals surface area contributed by atoms with Crippen LogP contribution in [0.4, 0.5) is 5.69 Å². The van der Waals surface area contributed by atoms with Crippen LogP contribution in [0.2, 0.25) is 0 Å². The molecule has 1 aliphatic rings. The van der Waals surface area contributed by atoms with Crippen molar-refractivity contribution in [1.29, 1.82) is 0 Å². The summed E-state index contributed by atoms with van der Waals surface area (Å²) in [6.45, 7) is 1.52. The monoisotopic (exact) mass is 474 g/mol. The summed E-state index contributed by atoms with van der Waals surface area (Å²) in [6.07, 6.45) is 0.462. The number of ether oxygens (including phenoxy) is 3. The van der Waals surface area contributed by atoms with Gasteiger partial charge in [-0.05, 0) is 37.3 Å². The Morgan fingerprint density at radius 1 is 1.17 bits per heavy atom. The van der Waals surface area contributed by atoms with Gasteiger partial charge in [-0.2, -0.15) is 0 Å². The van der Waals surface area contributed by atoms with Crippen LogP contribution in [0.3, 0.4) is 0 Å². The second-order valence-electron chi connectivity index (χ2n) is 6.28. The van der Waals surface area contributed by atoms with Gasteiger partial charge in [0.05, 0.1) is 19.9 Å². The van der Waals surface area contributed by atoms with Crippen molar-refractivity contribution >= 4 is 45.5 Å². The maximum Gasteiger partial charge on any atom is 0.346 e. The summed E-state index contributed by atoms with van der Waals surface area (Å²) in [6, 6.07) is 12.0. The zero-order chi connectivity index (χ0) is 21.8. The third-order valence-corrected chi connectivity index (χ3v) is 4.76. The van der Waals surface area contributed by atoms with Crippen LogP contribution < -0.4 is 19.9 Å². The third-order valence-electron chi connectivity index (χ3n) is 4.30. The van der Waals surface area contributed by atoms with Gasteiger partial charge in [-0.3, -0.25) is 15.0 Å². The molecule has 0 aromatic heterocycles. The maximum atomic E-state index is 12.9. The largest absolute Gasteiger partial charge is 0.493 e. The zero-order valence-corrected chi connectivity index (χ0v) is 18.1. The van der Waals surface area contributed by atoms with Gasteiger partial charge in [-0.25, -0.2) is 9.80 Å². The van der Waals surface area contributed by atoms with Crippen LogP contribution in [0.1, 0.15) is 12.5 Å². The molecular formula is C21H19BrN2O6. The lowest BCUT2D eigenvalue weighted by Crippen LogP contribution is -2.35. The van der Waals surface area contributed by atoms with Crippen LogP contribution in [0.5, 0.6) is 11.5 Å². The standard InChI is InChI=1S/C21H19BrN2O6/c1-12(21(27)29-3)30-18-13(9-14(22)11-17(18)28-2)10-16-19(25)23-24(20(16)26)15-7-5-4-6-8-15/h4-12H,1-3H3,(H,23,25)/b16-10+/t12-/m1/s1. The highest BCUT2D eigenvalue weighted by molar-refractivity contribution is 9.10. The lowest BCUT2D eigenvalue weighted by molar-refractivity contribution is -0.148. The number of amides is 2. The Kier molecular flexibility index (Phi) is 6.41. The maximum absolute atomic E-state index is 12.9. The van der Waals surface area contributed by atoms with E-state index in [9.17, 15) is 14.4 Å². The minimum Gasteiger partial charge on any atom is -0.493 e. The van der Waals surface area contributed by atoms with Crippen molar-refractivity contribution in [3.05, 3.63) is 58.1 Å². The predicted octanol–water partition coefficient (Wildman–Crippen LogP) is 2.86. The number of methoxy groups -OCH3 is 2. The summed E-state index contributed by atoms with van der Waals surface area (Å²) in [7, 11) is 2.70. The number of anilines is 1. The van der Waals surface area contributed by atoms with Gasteiger partial charge < -0.3 is 14.2 Å².